The monoisotopic (exact) mass is 552 g/mol. The van der Waals surface area contributed by atoms with Crippen molar-refractivity contribution >= 4 is 51.2 Å². The molecule has 1 saturated carbocycles. The van der Waals surface area contributed by atoms with Gasteiger partial charge in [0.1, 0.15) is 0 Å². The molecule has 3 amide bonds. The van der Waals surface area contributed by atoms with E-state index in [0.717, 1.165) is 17.0 Å². The number of aryl methyl sites for hydroxylation is 1. The van der Waals surface area contributed by atoms with Crippen molar-refractivity contribution in [1.29, 1.82) is 0 Å². The summed E-state index contributed by atoms with van der Waals surface area (Å²) in [5.74, 6) is -2.22. The number of nitrogens with one attached hydrogen (secondary N) is 1. The average Bonchev–Trinajstić information content (AvgIpc) is 3.52. The Balaban J connectivity index is 1.37. The topological polar surface area (TPSA) is 131 Å². The first-order valence-corrected chi connectivity index (χ1v) is 12.1. The highest BCUT2D eigenvalue weighted by molar-refractivity contribution is 9.10. The van der Waals surface area contributed by atoms with Crippen molar-refractivity contribution in [1.82, 2.24) is 5.01 Å². The van der Waals surface area contributed by atoms with Gasteiger partial charge in [0.05, 0.1) is 23.0 Å². The van der Waals surface area contributed by atoms with Crippen LogP contribution in [0.2, 0.25) is 0 Å². The van der Waals surface area contributed by atoms with E-state index in [1.54, 1.807) is 12.1 Å². The standard InChI is InChI=1S/C25H21BrN4O6/c1-13-2-6-18(7-3-13)28-20(31)12-36-23-16(9-17(26)10-19(23)30(34)35)11-27-29-24(32)21-14-4-5-15(8-14)22(21)25(29)33/h2-7,9-11,14-15,21-22H,8,12H2,1H3,(H,28,31)/t14-,15-,21-,22+/m0/s1. The number of nitrogens with zero attached hydrogens (tertiary/aromatic N) is 3. The average molecular weight is 553 g/mol. The van der Waals surface area contributed by atoms with Gasteiger partial charge >= 0.3 is 5.69 Å². The van der Waals surface area contributed by atoms with Gasteiger partial charge in [0.2, 0.25) is 5.75 Å². The summed E-state index contributed by atoms with van der Waals surface area (Å²) in [5, 5.41) is 19.3. The predicted molar refractivity (Wildman–Crippen MR) is 133 cm³/mol. The first-order valence-electron chi connectivity index (χ1n) is 11.3. The van der Waals surface area contributed by atoms with Crippen LogP contribution in [0, 0.1) is 40.7 Å². The van der Waals surface area contributed by atoms with Crippen LogP contribution in [0.3, 0.4) is 0 Å². The molecule has 4 atom stereocenters. The molecule has 184 valence electrons. The number of nitro benzene ring substituents is 1. The Bertz CT molecular complexity index is 1310. The number of rotatable bonds is 7. The number of benzene rings is 2. The Morgan fingerprint density at radius 3 is 2.44 bits per heavy atom. The van der Waals surface area contributed by atoms with E-state index in [1.165, 1.54) is 18.3 Å². The number of anilines is 1. The molecular weight excluding hydrogens is 532 g/mol. The molecule has 36 heavy (non-hydrogen) atoms. The number of nitro groups is 1. The summed E-state index contributed by atoms with van der Waals surface area (Å²) in [6, 6.07) is 9.87. The lowest BCUT2D eigenvalue weighted by molar-refractivity contribution is -0.385. The first-order chi connectivity index (χ1) is 17.2. The van der Waals surface area contributed by atoms with Crippen molar-refractivity contribution in [2.75, 3.05) is 11.9 Å². The van der Waals surface area contributed by atoms with Crippen molar-refractivity contribution in [2.45, 2.75) is 13.3 Å². The maximum Gasteiger partial charge on any atom is 0.312 e. The Morgan fingerprint density at radius 1 is 1.19 bits per heavy atom. The van der Waals surface area contributed by atoms with Crippen LogP contribution < -0.4 is 10.1 Å². The molecule has 10 nitrogen and oxygen atoms in total. The van der Waals surface area contributed by atoms with Gasteiger partial charge in [-0.3, -0.25) is 24.5 Å². The molecule has 1 saturated heterocycles. The van der Waals surface area contributed by atoms with Crippen LogP contribution in [0.5, 0.6) is 5.75 Å². The van der Waals surface area contributed by atoms with Crippen molar-refractivity contribution in [2.24, 2.45) is 28.8 Å². The zero-order valence-electron chi connectivity index (χ0n) is 19.1. The predicted octanol–water partition coefficient (Wildman–Crippen LogP) is 3.82. The number of allylic oxidation sites excluding steroid dienone is 2. The lowest BCUT2D eigenvalue weighted by Gasteiger charge is -2.13. The van der Waals surface area contributed by atoms with E-state index < -0.39 is 35.0 Å². The number of hydrazone groups is 1. The number of hydrogen-bond acceptors (Lipinski definition) is 7. The second kappa shape index (κ2) is 9.30. The molecular formula is C25H21BrN4O6. The van der Waals surface area contributed by atoms with E-state index in [-0.39, 0.29) is 35.0 Å². The lowest BCUT2D eigenvalue weighted by atomic mass is 9.85. The summed E-state index contributed by atoms with van der Waals surface area (Å²) >= 11 is 3.23. The molecule has 2 fully saturated rings. The van der Waals surface area contributed by atoms with E-state index in [0.29, 0.717) is 10.2 Å². The highest BCUT2D eigenvalue weighted by Gasteiger charge is 2.59. The fourth-order valence-corrected chi connectivity index (χ4v) is 5.54. The second-order valence-corrected chi connectivity index (χ2v) is 9.95. The zero-order chi connectivity index (χ0) is 25.6. The fraction of sp³-hybridized carbons (Fsp3) is 0.280. The third kappa shape index (κ3) is 4.30. The Kier molecular flexibility index (Phi) is 6.17. The summed E-state index contributed by atoms with van der Waals surface area (Å²) < 4.78 is 5.93. The van der Waals surface area contributed by atoms with Crippen LogP contribution >= 0.6 is 15.9 Å². The van der Waals surface area contributed by atoms with Crippen LogP contribution in [0.15, 0.2) is 58.1 Å². The van der Waals surface area contributed by atoms with Gasteiger partial charge in [-0.1, -0.05) is 45.8 Å². The summed E-state index contributed by atoms with van der Waals surface area (Å²) in [6.07, 6.45) is 5.94. The van der Waals surface area contributed by atoms with Crippen molar-refractivity contribution in [3.63, 3.8) is 0 Å². The molecule has 1 heterocycles. The summed E-state index contributed by atoms with van der Waals surface area (Å²) in [5.41, 5.74) is 1.33. The minimum absolute atomic E-state index is 0.0366. The smallest absolute Gasteiger partial charge is 0.312 e. The highest BCUT2D eigenvalue weighted by Crippen LogP contribution is 2.52. The molecule has 2 aliphatic carbocycles. The van der Waals surface area contributed by atoms with E-state index in [4.69, 9.17) is 4.74 Å². The number of fused-ring (bicyclic) bond motifs is 5. The number of imide groups is 1. The zero-order valence-corrected chi connectivity index (χ0v) is 20.7. The highest BCUT2D eigenvalue weighted by atomic mass is 79.9. The van der Waals surface area contributed by atoms with Gasteiger partial charge in [0.15, 0.2) is 6.61 Å². The first kappa shape index (κ1) is 23.9. The van der Waals surface area contributed by atoms with E-state index in [2.05, 4.69) is 26.3 Å². The Hall–Kier alpha value is -3.86. The molecule has 0 spiro atoms. The van der Waals surface area contributed by atoms with Crippen LogP contribution in [0.1, 0.15) is 17.5 Å². The van der Waals surface area contributed by atoms with Gasteiger partial charge in [-0.15, -0.1) is 0 Å². The summed E-state index contributed by atoms with van der Waals surface area (Å²) in [4.78, 5) is 49.3. The number of amides is 3. The molecule has 0 radical (unpaired) electrons. The largest absolute Gasteiger partial charge is 0.476 e. The number of carbonyl (C=O) groups is 3. The third-order valence-electron chi connectivity index (χ3n) is 6.70. The molecule has 2 bridgehead atoms. The molecule has 2 aromatic rings. The lowest BCUT2D eigenvalue weighted by Crippen LogP contribution is -2.28. The van der Waals surface area contributed by atoms with Crippen molar-refractivity contribution in [3.8, 4) is 5.75 Å². The van der Waals surface area contributed by atoms with E-state index in [9.17, 15) is 24.5 Å². The molecule has 5 rings (SSSR count). The molecule has 0 aromatic heterocycles. The molecule has 11 heteroatoms. The van der Waals surface area contributed by atoms with Gasteiger partial charge in [-0.05, 0) is 43.4 Å². The van der Waals surface area contributed by atoms with Crippen molar-refractivity contribution in [3.05, 3.63) is 74.3 Å². The van der Waals surface area contributed by atoms with Crippen LogP contribution in [-0.2, 0) is 14.4 Å². The van der Waals surface area contributed by atoms with Crippen LogP contribution in [-0.4, -0.2) is 40.5 Å². The second-order valence-electron chi connectivity index (χ2n) is 9.04. The summed E-state index contributed by atoms with van der Waals surface area (Å²) in [7, 11) is 0. The van der Waals surface area contributed by atoms with Gasteiger partial charge in [-0.2, -0.15) is 10.1 Å². The number of carbonyl (C=O) groups excluding carboxylic acids is 3. The molecule has 3 aliphatic rings. The number of hydrogen-bond donors (Lipinski definition) is 1. The number of halogens is 1. The van der Waals surface area contributed by atoms with Crippen molar-refractivity contribution < 1.29 is 24.0 Å². The summed E-state index contributed by atoms with van der Waals surface area (Å²) in [6.45, 7) is 1.42. The molecule has 2 aromatic carbocycles. The SMILES string of the molecule is Cc1ccc(NC(=O)COc2c(C=NN3C(=O)[C@@H]4[C@H](C3=O)[C@H]3C=C[C@H]4C3)cc(Br)cc2[N+](=O)[O-])cc1. The Labute approximate surface area is 214 Å². The van der Waals surface area contributed by atoms with Gasteiger partial charge in [-0.25, -0.2) is 0 Å². The number of ether oxygens (including phenoxy) is 1. The maximum atomic E-state index is 12.9. The molecule has 1 N–H and O–H groups in total. The van der Waals surface area contributed by atoms with Gasteiger partial charge in [0, 0.05) is 21.8 Å². The minimum Gasteiger partial charge on any atom is -0.476 e. The molecule has 0 unspecified atom stereocenters. The van der Waals surface area contributed by atoms with Gasteiger partial charge in [0.25, 0.3) is 17.7 Å². The normalized spacial score (nSPS) is 24.0. The van der Waals surface area contributed by atoms with Gasteiger partial charge < -0.3 is 10.1 Å². The maximum absolute atomic E-state index is 12.9. The minimum atomic E-state index is -0.644. The van der Waals surface area contributed by atoms with Crippen LogP contribution in [0.4, 0.5) is 11.4 Å². The van der Waals surface area contributed by atoms with Crippen LogP contribution in [0.25, 0.3) is 0 Å². The quantitative estimate of drug-likeness (QED) is 0.182. The fourth-order valence-electron chi connectivity index (χ4n) is 5.08. The Morgan fingerprint density at radius 2 is 1.83 bits per heavy atom. The molecule has 1 aliphatic heterocycles. The van der Waals surface area contributed by atoms with E-state index in [1.807, 2.05) is 31.2 Å². The van der Waals surface area contributed by atoms with E-state index >= 15 is 0 Å². The third-order valence-corrected chi connectivity index (χ3v) is 7.16.